The minimum absolute atomic E-state index is 0.0273. The molecule has 4 rings (SSSR count). The number of hydrogen-bond acceptors (Lipinski definition) is 9. The fourth-order valence-electron chi connectivity index (χ4n) is 3.49. The zero-order chi connectivity index (χ0) is 29.1. The van der Waals surface area contributed by atoms with E-state index >= 15 is 0 Å². The van der Waals surface area contributed by atoms with Crippen LogP contribution in [0.15, 0.2) is 72.3 Å². The molecule has 0 saturated carbocycles. The van der Waals surface area contributed by atoms with Crippen molar-refractivity contribution in [1.29, 1.82) is 5.41 Å². The zero-order valence-corrected chi connectivity index (χ0v) is 22.0. The van der Waals surface area contributed by atoms with Gasteiger partial charge in [0.25, 0.3) is 11.9 Å². The molecule has 0 aliphatic rings. The Morgan fingerprint density at radius 3 is 2.50 bits per heavy atom. The normalized spacial score (nSPS) is 11.1. The summed E-state index contributed by atoms with van der Waals surface area (Å²) < 4.78 is 12.0. The van der Waals surface area contributed by atoms with Gasteiger partial charge >= 0.3 is 5.69 Å². The van der Waals surface area contributed by atoms with E-state index in [0.29, 0.717) is 30.4 Å². The molecule has 0 aliphatic carbocycles. The summed E-state index contributed by atoms with van der Waals surface area (Å²) in [4.78, 5) is 32.8. The second-order valence-corrected chi connectivity index (χ2v) is 8.24. The highest BCUT2D eigenvalue weighted by molar-refractivity contribution is 5.95. The maximum atomic E-state index is 12.8. The molecule has 2 heterocycles. The molecule has 0 radical (unpaired) electrons. The van der Waals surface area contributed by atoms with Gasteiger partial charge in [0.1, 0.15) is 24.2 Å². The Balaban J connectivity index is 0.00000103. The van der Waals surface area contributed by atoms with E-state index in [1.807, 2.05) is 18.2 Å². The highest BCUT2D eigenvalue weighted by Gasteiger charge is 2.22. The first-order valence-electron chi connectivity index (χ1n) is 12.0. The lowest BCUT2D eigenvalue weighted by atomic mass is 10.0. The molecule has 40 heavy (non-hydrogen) atoms. The van der Waals surface area contributed by atoms with Gasteiger partial charge in [-0.25, -0.2) is 14.8 Å². The Labute approximate surface area is 229 Å². The number of carboxylic acid groups (broad SMARTS) is 1. The number of methoxy groups -OCH3 is 1. The molecule has 1 atom stereocenters. The molecule has 0 amide bonds. The fourth-order valence-corrected chi connectivity index (χ4v) is 3.49. The third-order valence-electron chi connectivity index (χ3n) is 5.23. The largest absolute Gasteiger partial charge is 0.491 e. The van der Waals surface area contributed by atoms with E-state index in [1.54, 1.807) is 43.5 Å². The van der Waals surface area contributed by atoms with E-state index in [4.69, 9.17) is 30.5 Å². The number of nitrogens with two attached hydrogens (primary N) is 1. The number of benzene rings is 2. The fraction of sp³-hybridized carbons (Fsp3) is 0.185. The van der Waals surface area contributed by atoms with Crippen molar-refractivity contribution in [2.75, 3.05) is 25.6 Å². The standard InChI is InChI=1S/C25H26N8O3.C2H4O2/c1-3-16-13-18(15-20(14-16)36-12-11-35-2)21(30-19-7-5-17(6-8-19)22(26)27)23-31-25(34)33(32-23)24-28-9-4-10-29-24;1-2(3)4/h3-10,13-15,21,30H,1,11-12H2,2H3,(H3,26,27)(H,31,32,34);1H3,(H,3,4). The predicted molar refractivity (Wildman–Crippen MR) is 150 cm³/mol. The number of nitrogen functional groups attached to an aromatic ring is 1. The lowest BCUT2D eigenvalue weighted by Crippen LogP contribution is -2.18. The zero-order valence-electron chi connectivity index (χ0n) is 22.0. The summed E-state index contributed by atoms with van der Waals surface area (Å²) in [6.45, 7) is 5.78. The third-order valence-corrected chi connectivity index (χ3v) is 5.23. The lowest BCUT2D eigenvalue weighted by Gasteiger charge is -2.20. The topological polar surface area (TPSA) is 194 Å². The van der Waals surface area contributed by atoms with Crippen LogP contribution in [-0.4, -0.2) is 62.0 Å². The van der Waals surface area contributed by atoms with Crippen molar-refractivity contribution in [2.45, 2.75) is 13.0 Å². The number of anilines is 1. The molecule has 2 aromatic heterocycles. The average Bonchev–Trinajstić information content (AvgIpc) is 3.33. The number of H-pyrrole nitrogens is 1. The minimum Gasteiger partial charge on any atom is -0.491 e. The van der Waals surface area contributed by atoms with Gasteiger partial charge in [-0.2, -0.15) is 0 Å². The first-order valence-corrected chi connectivity index (χ1v) is 12.0. The van der Waals surface area contributed by atoms with Crippen LogP contribution in [0.5, 0.6) is 5.75 Å². The molecule has 208 valence electrons. The van der Waals surface area contributed by atoms with Crippen molar-refractivity contribution in [3.05, 3.63) is 101 Å². The van der Waals surface area contributed by atoms with Gasteiger partial charge in [-0.15, -0.1) is 9.78 Å². The number of aliphatic carboxylic acids is 1. The molecule has 0 bridgehead atoms. The first-order chi connectivity index (χ1) is 19.2. The van der Waals surface area contributed by atoms with Crippen LogP contribution in [-0.2, 0) is 9.53 Å². The number of carbonyl (C=O) groups is 1. The smallest absolute Gasteiger partial charge is 0.350 e. The monoisotopic (exact) mass is 546 g/mol. The van der Waals surface area contributed by atoms with Gasteiger partial charge < -0.3 is 25.6 Å². The van der Waals surface area contributed by atoms with E-state index in [-0.39, 0.29) is 11.8 Å². The van der Waals surface area contributed by atoms with Gasteiger partial charge in [0.05, 0.1) is 6.61 Å². The summed E-state index contributed by atoms with van der Waals surface area (Å²) in [7, 11) is 1.61. The number of hydrogen-bond donors (Lipinski definition) is 5. The van der Waals surface area contributed by atoms with Crippen LogP contribution in [0.4, 0.5) is 5.69 Å². The van der Waals surface area contributed by atoms with Crippen molar-refractivity contribution in [3.63, 3.8) is 0 Å². The number of amidine groups is 1. The summed E-state index contributed by atoms with van der Waals surface area (Å²) in [5, 5.41) is 22.9. The molecule has 13 nitrogen and oxygen atoms in total. The van der Waals surface area contributed by atoms with Crippen LogP contribution in [0.3, 0.4) is 0 Å². The van der Waals surface area contributed by atoms with E-state index < -0.39 is 17.7 Å². The third kappa shape index (κ3) is 8.10. The maximum absolute atomic E-state index is 12.8. The van der Waals surface area contributed by atoms with Crippen LogP contribution < -0.4 is 21.5 Å². The Morgan fingerprint density at radius 1 is 1.23 bits per heavy atom. The summed E-state index contributed by atoms with van der Waals surface area (Å²) in [5.74, 6) is 0.247. The molecule has 13 heteroatoms. The molecule has 0 saturated heterocycles. The molecule has 6 N–H and O–H groups in total. The van der Waals surface area contributed by atoms with Gasteiger partial charge in [0, 0.05) is 37.7 Å². The van der Waals surface area contributed by atoms with Crippen molar-refractivity contribution >= 4 is 23.6 Å². The Kier molecular flexibility index (Phi) is 10.3. The number of nitrogens with one attached hydrogen (secondary N) is 3. The van der Waals surface area contributed by atoms with Gasteiger partial charge in [0.15, 0.2) is 5.82 Å². The van der Waals surface area contributed by atoms with Crippen molar-refractivity contribution in [2.24, 2.45) is 5.73 Å². The molecule has 0 fully saturated rings. The van der Waals surface area contributed by atoms with Crippen LogP contribution in [0.25, 0.3) is 12.0 Å². The quantitative estimate of drug-likeness (QED) is 0.106. The van der Waals surface area contributed by atoms with E-state index in [9.17, 15) is 4.79 Å². The van der Waals surface area contributed by atoms with E-state index in [1.165, 1.54) is 12.4 Å². The molecular formula is C27H30N8O5. The van der Waals surface area contributed by atoms with Crippen LogP contribution >= 0.6 is 0 Å². The number of aromatic amines is 1. The van der Waals surface area contributed by atoms with Gasteiger partial charge in [-0.1, -0.05) is 12.7 Å². The van der Waals surface area contributed by atoms with Crippen molar-refractivity contribution < 1.29 is 19.4 Å². The molecule has 4 aromatic rings. The maximum Gasteiger partial charge on any atom is 0.350 e. The number of carboxylic acids is 1. The van der Waals surface area contributed by atoms with Crippen LogP contribution in [0, 0.1) is 5.41 Å². The highest BCUT2D eigenvalue weighted by Crippen LogP contribution is 2.29. The summed E-state index contributed by atoms with van der Waals surface area (Å²) in [5.41, 5.74) is 8.02. The molecule has 2 aromatic carbocycles. The van der Waals surface area contributed by atoms with Crippen LogP contribution in [0.2, 0.25) is 0 Å². The highest BCUT2D eigenvalue weighted by atomic mass is 16.5. The van der Waals surface area contributed by atoms with Gasteiger partial charge in [-0.3, -0.25) is 15.2 Å². The molecule has 1 unspecified atom stereocenters. The molecular weight excluding hydrogens is 516 g/mol. The van der Waals surface area contributed by atoms with Gasteiger partial charge in [-0.05, 0) is 59.7 Å². The molecule has 0 aliphatic heterocycles. The van der Waals surface area contributed by atoms with Gasteiger partial charge in [0.2, 0.25) is 0 Å². The molecule has 0 spiro atoms. The number of aromatic nitrogens is 5. The minimum atomic E-state index is -0.833. The second-order valence-electron chi connectivity index (χ2n) is 8.24. The average molecular weight is 547 g/mol. The summed E-state index contributed by atoms with van der Waals surface area (Å²) in [6, 6.07) is 13.8. The lowest BCUT2D eigenvalue weighted by molar-refractivity contribution is -0.134. The Bertz CT molecular complexity index is 1500. The SMILES string of the molecule is C=Cc1cc(OCCOC)cc(C(Nc2ccc(C(=N)N)cc2)c2nn(-c3ncccn3)c(=O)[nH]2)c1.CC(=O)O. The van der Waals surface area contributed by atoms with E-state index in [0.717, 1.165) is 28.4 Å². The van der Waals surface area contributed by atoms with Crippen molar-refractivity contribution in [1.82, 2.24) is 24.7 Å². The Hall–Kier alpha value is -5.30. The Morgan fingerprint density at radius 2 is 1.90 bits per heavy atom. The summed E-state index contributed by atoms with van der Waals surface area (Å²) >= 11 is 0. The number of rotatable bonds is 11. The predicted octanol–water partition coefficient (Wildman–Crippen LogP) is 2.60. The number of ether oxygens (including phenoxy) is 2. The van der Waals surface area contributed by atoms with Crippen LogP contribution in [0.1, 0.15) is 35.5 Å². The van der Waals surface area contributed by atoms with Crippen molar-refractivity contribution in [3.8, 4) is 11.7 Å². The summed E-state index contributed by atoms with van der Waals surface area (Å²) in [6.07, 6.45) is 4.78. The first kappa shape index (κ1) is 29.3. The second kappa shape index (κ2) is 14.0. The van der Waals surface area contributed by atoms with E-state index in [2.05, 4.69) is 31.9 Å². The number of nitrogens with zero attached hydrogens (tertiary/aromatic N) is 4.